The Hall–Kier alpha value is -2.35. The van der Waals surface area contributed by atoms with Gasteiger partial charge in [0.25, 0.3) is 0 Å². The summed E-state index contributed by atoms with van der Waals surface area (Å²) in [6, 6.07) is 5.03. The van der Waals surface area contributed by atoms with Gasteiger partial charge in [0.15, 0.2) is 0 Å². The van der Waals surface area contributed by atoms with Gasteiger partial charge in [0, 0.05) is 37.4 Å². The maximum atomic E-state index is 12.7. The summed E-state index contributed by atoms with van der Waals surface area (Å²) in [4.78, 5) is 36.0. The summed E-state index contributed by atoms with van der Waals surface area (Å²) in [6.07, 6.45) is 6.45. The molecule has 8 heteroatoms. The maximum absolute atomic E-state index is 12.7. The average molecular weight is 517 g/mol. The fraction of sp³-hybridized carbons (Fsp3) is 0.759. The molecule has 1 aromatic heterocycles. The Balaban J connectivity index is 1.46. The lowest BCUT2D eigenvalue weighted by Gasteiger charge is -2.31. The number of hydrogen-bond acceptors (Lipinski definition) is 6. The Morgan fingerprint density at radius 1 is 1.05 bits per heavy atom. The maximum Gasteiger partial charge on any atom is 0.416 e. The van der Waals surface area contributed by atoms with E-state index in [1.165, 1.54) is 0 Å². The van der Waals surface area contributed by atoms with Gasteiger partial charge < -0.3 is 14.4 Å². The highest BCUT2D eigenvalue weighted by atomic mass is 16.6. The minimum absolute atomic E-state index is 0.209. The number of pyridine rings is 1. The summed E-state index contributed by atoms with van der Waals surface area (Å²) >= 11 is 0. The highest BCUT2D eigenvalue weighted by Gasteiger charge is 2.33. The number of nitrogens with zero attached hydrogens (tertiary/aromatic N) is 4. The van der Waals surface area contributed by atoms with Crippen molar-refractivity contribution in [1.29, 1.82) is 0 Å². The Bertz CT molecular complexity index is 937. The zero-order valence-electron chi connectivity index (χ0n) is 24.3. The molecule has 0 spiro atoms. The van der Waals surface area contributed by atoms with E-state index in [-0.39, 0.29) is 12.2 Å². The average Bonchev–Trinajstić information content (AvgIpc) is 3.29. The summed E-state index contributed by atoms with van der Waals surface area (Å²) in [5, 5.41) is 0. The summed E-state index contributed by atoms with van der Waals surface area (Å²) in [6.45, 7) is 15.8. The van der Waals surface area contributed by atoms with Crippen molar-refractivity contribution in [1.82, 2.24) is 14.8 Å². The fourth-order valence-corrected chi connectivity index (χ4v) is 4.99. The number of fused-ring (bicyclic) bond motifs is 1. The van der Waals surface area contributed by atoms with Crippen molar-refractivity contribution in [3.05, 3.63) is 23.4 Å². The van der Waals surface area contributed by atoms with Crippen LogP contribution in [0.25, 0.3) is 0 Å². The molecule has 208 valence electrons. The number of ether oxygens (including phenoxy) is 2. The van der Waals surface area contributed by atoms with E-state index >= 15 is 0 Å². The molecule has 1 aromatic rings. The number of carbonyl (C=O) groups excluding carboxylic acids is 2. The molecule has 0 bridgehead atoms. The van der Waals surface area contributed by atoms with E-state index in [2.05, 4.69) is 31.0 Å². The van der Waals surface area contributed by atoms with Crippen LogP contribution in [0.4, 0.5) is 15.4 Å². The van der Waals surface area contributed by atoms with Crippen LogP contribution in [0.2, 0.25) is 0 Å². The fourth-order valence-electron chi connectivity index (χ4n) is 4.99. The number of rotatable bonds is 7. The van der Waals surface area contributed by atoms with Gasteiger partial charge in [0.1, 0.15) is 17.0 Å². The number of unbranched alkanes of at least 4 members (excludes halogenated alkanes) is 1. The highest BCUT2D eigenvalue weighted by Crippen LogP contribution is 2.28. The van der Waals surface area contributed by atoms with Crippen LogP contribution in [0.15, 0.2) is 12.1 Å². The molecule has 8 nitrogen and oxygen atoms in total. The third-order valence-electron chi connectivity index (χ3n) is 7.10. The lowest BCUT2D eigenvalue weighted by atomic mass is 10.0. The number of aromatic nitrogens is 1. The molecule has 1 unspecified atom stereocenters. The molecule has 0 radical (unpaired) electrons. The predicted octanol–water partition coefficient (Wildman–Crippen LogP) is 5.81. The number of likely N-dealkylation sites (tertiary alicyclic amines) is 1. The first-order valence-electron chi connectivity index (χ1n) is 13.9. The van der Waals surface area contributed by atoms with Gasteiger partial charge in [-0.3, -0.25) is 9.80 Å². The van der Waals surface area contributed by atoms with Crippen LogP contribution in [-0.2, 0) is 22.3 Å². The van der Waals surface area contributed by atoms with Gasteiger partial charge in [0.2, 0.25) is 0 Å². The van der Waals surface area contributed by atoms with Crippen LogP contribution in [0.1, 0.15) is 91.8 Å². The van der Waals surface area contributed by atoms with Crippen molar-refractivity contribution in [2.24, 2.45) is 0 Å². The van der Waals surface area contributed by atoms with E-state index in [4.69, 9.17) is 14.5 Å². The van der Waals surface area contributed by atoms with Gasteiger partial charge in [-0.15, -0.1) is 0 Å². The van der Waals surface area contributed by atoms with Gasteiger partial charge >= 0.3 is 12.2 Å². The van der Waals surface area contributed by atoms with Crippen molar-refractivity contribution >= 4 is 18.0 Å². The molecule has 2 aliphatic rings. The first-order valence-corrected chi connectivity index (χ1v) is 13.9. The Morgan fingerprint density at radius 3 is 2.41 bits per heavy atom. The zero-order chi connectivity index (χ0) is 27.4. The van der Waals surface area contributed by atoms with E-state index in [0.29, 0.717) is 18.6 Å². The van der Waals surface area contributed by atoms with Crippen molar-refractivity contribution in [3.63, 3.8) is 0 Å². The topological polar surface area (TPSA) is 75.2 Å². The lowest BCUT2D eigenvalue weighted by Crippen LogP contribution is -2.42. The van der Waals surface area contributed by atoms with Crippen LogP contribution in [0.5, 0.6) is 0 Å². The van der Waals surface area contributed by atoms with Crippen LogP contribution in [-0.4, -0.2) is 76.9 Å². The van der Waals surface area contributed by atoms with Crippen LogP contribution >= 0.6 is 0 Å². The molecule has 3 rings (SSSR count). The van der Waals surface area contributed by atoms with E-state index < -0.39 is 11.2 Å². The quantitative estimate of drug-likeness (QED) is 0.426. The Kier molecular flexibility index (Phi) is 9.48. The number of carbonyl (C=O) groups is 2. The predicted molar refractivity (Wildman–Crippen MR) is 147 cm³/mol. The molecular formula is C29H48N4O4. The van der Waals surface area contributed by atoms with E-state index in [1.807, 2.05) is 46.4 Å². The van der Waals surface area contributed by atoms with E-state index in [1.54, 1.807) is 4.90 Å². The normalized spacial score (nSPS) is 19.1. The van der Waals surface area contributed by atoms with Crippen LogP contribution in [0.3, 0.4) is 0 Å². The van der Waals surface area contributed by atoms with Gasteiger partial charge in [-0.2, -0.15) is 0 Å². The highest BCUT2D eigenvalue weighted by molar-refractivity contribution is 5.88. The number of amides is 2. The second-order valence-corrected chi connectivity index (χ2v) is 12.6. The molecule has 2 atom stereocenters. The van der Waals surface area contributed by atoms with Gasteiger partial charge in [-0.25, -0.2) is 14.6 Å². The largest absolute Gasteiger partial charge is 0.444 e. The second-order valence-electron chi connectivity index (χ2n) is 12.6. The minimum Gasteiger partial charge on any atom is -0.444 e. The molecule has 37 heavy (non-hydrogen) atoms. The van der Waals surface area contributed by atoms with Gasteiger partial charge in [-0.05, 0) is 106 Å². The zero-order valence-corrected chi connectivity index (χ0v) is 24.3. The monoisotopic (exact) mass is 516 g/mol. The number of aryl methyl sites for hydroxylation is 2. The van der Waals surface area contributed by atoms with Crippen molar-refractivity contribution in [2.75, 3.05) is 31.6 Å². The molecule has 0 N–H and O–H groups in total. The van der Waals surface area contributed by atoms with Crippen LogP contribution in [0, 0.1) is 0 Å². The Labute approximate surface area is 223 Å². The van der Waals surface area contributed by atoms with Crippen LogP contribution < -0.4 is 4.90 Å². The first-order chi connectivity index (χ1) is 17.2. The number of anilines is 1. The standard InChI is InChI=1S/C29H48N4O4/c1-21(31(8)24-17-19-32(20-24)26(34)36-28(2,3)4)12-9-10-14-23-16-15-22-13-11-18-33(25(22)30-23)27(35)37-29(5,6)7/h15-16,21,24H,9-14,17-20H2,1-8H3/t21?,24-/m1/s1. The van der Waals surface area contributed by atoms with E-state index in [9.17, 15) is 9.59 Å². The van der Waals surface area contributed by atoms with E-state index in [0.717, 1.165) is 75.1 Å². The van der Waals surface area contributed by atoms with Crippen molar-refractivity contribution in [2.45, 2.75) is 117 Å². The summed E-state index contributed by atoms with van der Waals surface area (Å²) in [5.74, 6) is 0.766. The molecule has 1 fully saturated rings. The summed E-state index contributed by atoms with van der Waals surface area (Å²) in [5.41, 5.74) is 1.16. The van der Waals surface area contributed by atoms with Gasteiger partial charge in [0.05, 0.1) is 0 Å². The second kappa shape index (κ2) is 12.0. The molecular weight excluding hydrogens is 468 g/mol. The first kappa shape index (κ1) is 29.2. The number of hydrogen-bond donors (Lipinski definition) is 0. The van der Waals surface area contributed by atoms with Crippen molar-refractivity contribution in [3.8, 4) is 0 Å². The molecule has 2 aliphatic heterocycles. The van der Waals surface area contributed by atoms with Crippen molar-refractivity contribution < 1.29 is 19.1 Å². The molecule has 0 aromatic carbocycles. The summed E-state index contributed by atoms with van der Waals surface area (Å²) in [7, 11) is 2.17. The Morgan fingerprint density at radius 2 is 1.73 bits per heavy atom. The lowest BCUT2D eigenvalue weighted by molar-refractivity contribution is 0.0277. The SMILES string of the molecule is CC(CCCCc1ccc2c(n1)N(C(=O)OC(C)(C)C)CCC2)N(C)[C@@H]1CCN(C(=O)OC(C)(C)C)C1. The molecule has 0 saturated carbocycles. The minimum atomic E-state index is -0.525. The smallest absolute Gasteiger partial charge is 0.416 e. The molecule has 0 aliphatic carbocycles. The number of likely N-dealkylation sites (N-methyl/N-ethyl adjacent to an activating group) is 1. The third-order valence-corrected chi connectivity index (χ3v) is 7.10. The molecule has 2 amide bonds. The molecule has 1 saturated heterocycles. The van der Waals surface area contributed by atoms with Gasteiger partial charge in [-0.1, -0.05) is 12.5 Å². The molecule has 3 heterocycles. The summed E-state index contributed by atoms with van der Waals surface area (Å²) < 4.78 is 11.2. The third kappa shape index (κ3) is 8.59.